The molecule has 1 aromatic carbocycles. The van der Waals surface area contributed by atoms with Crippen LogP contribution in [0.2, 0.25) is 0 Å². The Morgan fingerprint density at radius 2 is 1.78 bits per heavy atom. The maximum absolute atomic E-state index is 14.2. The van der Waals surface area contributed by atoms with Gasteiger partial charge in [0.2, 0.25) is 5.91 Å². The Bertz CT molecular complexity index is 636. The van der Waals surface area contributed by atoms with Crippen LogP contribution in [0.5, 0.6) is 0 Å². The van der Waals surface area contributed by atoms with E-state index in [1.807, 2.05) is 27.7 Å². The Kier molecular flexibility index (Phi) is 8.62. The summed E-state index contributed by atoms with van der Waals surface area (Å²) in [4.78, 5) is 17.9. The summed E-state index contributed by atoms with van der Waals surface area (Å²) in [6.45, 7) is 8.33. The number of hydrogen-bond donors (Lipinski definition) is 3. The summed E-state index contributed by atoms with van der Waals surface area (Å²) in [6.07, 6.45) is 0. The second-order valence-electron chi connectivity index (χ2n) is 7.49. The molecule has 1 aromatic rings. The Balaban J connectivity index is 2.86. The number of aliphatic imine (C=N–C) groups is 1. The quantitative estimate of drug-likeness (QED) is 0.498. The third kappa shape index (κ3) is 7.90. The lowest BCUT2D eigenvalue weighted by Gasteiger charge is -2.26. The van der Waals surface area contributed by atoms with E-state index < -0.39 is 17.7 Å². The first kappa shape index (κ1) is 22.8. The third-order valence-corrected chi connectivity index (χ3v) is 3.66. The molecule has 0 heterocycles. The minimum atomic E-state index is -0.595. The molecule has 0 bridgehead atoms. The van der Waals surface area contributed by atoms with Gasteiger partial charge in [0.15, 0.2) is 5.96 Å². The van der Waals surface area contributed by atoms with E-state index in [2.05, 4.69) is 20.9 Å². The molecule has 0 aliphatic heterocycles. The molecule has 152 valence electrons. The summed E-state index contributed by atoms with van der Waals surface area (Å²) < 4.78 is 28.3. The van der Waals surface area contributed by atoms with E-state index in [0.29, 0.717) is 12.5 Å². The highest BCUT2D eigenvalue weighted by atomic mass is 19.1. The number of nitrogens with zero attached hydrogens (tertiary/aromatic N) is 2. The van der Waals surface area contributed by atoms with Gasteiger partial charge in [0.1, 0.15) is 18.2 Å². The van der Waals surface area contributed by atoms with Gasteiger partial charge in [-0.3, -0.25) is 4.79 Å². The molecule has 1 amide bonds. The molecule has 0 spiro atoms. The highest BCUT2D eigenvalue weighted by Gasteiger charge is 2.22. The summed E-state index contributed by atoms with van der Waals surface area (Å²) in [5.41, 5.74) is -0.340. The highest BCUT2D eigenvalue weighted by molar-refractivity contribution is 5.85. The van der Waals surface area contributed by atoms with Crippen LogP contribution in [0.25, 0.3) is 0 Å². The number of benzene rings is 1. The highest BCUT2D eigenvalue weighted by Crippen LogP contribution is 2.23. The van der Waals surface area contributed by atoms with E-state index in [1.54, 1.807) is 19.0 Å². The topological polar surface area (TPSA) is 68.8 Å². The van der Waals surface area contributed by atoms with Crippen LogP contribution in [-0.4, -0.2) is 56.0 Å². The van der Waals surface area contributed by atoms with Crippen molar-refractivity contribution in [3.8, 4) is 0 Å². The van der Waals surface area contributed by atoms with E-state index in [1.165, 1.54) is 18.2 Å². The number of nitrogens with one attached hydrogen (secondary N) is 3. The number of hydrogen-bond acceptors (Lipinski definition) is 3. The number of guanidine groups is 1. The molecule has 0 fully saturated rings. The van der Waals surface area contributed by atoms with Crippen molar-refractivity contribution < 1.29 is 13.6 Å². The summed E-state index contributed by atoms with van der Waals surface area (Å²) in [7, 11) is 3.50. The molecule has 27 heavy (non-hydrogen) atoms. The average Bonchev–Trinajstić information content (AvgIpc) is 2.53. The smallest absolute Gasteiger partial charge is 0.242 e. The molecular formula is C19H31F2N5O. The van der Waals surface area contributed by atoms with Gasteiger partial charge in [0.05, 0.1) is 6.04 Å². The number of halogens is 2. The maximum Gasteiger partial charge on any atom is 0.242 e. The van der Waals surface area contributed by atoms with Crippen LogP contribution < -0.4 is 16.0 Å². The lowest BCUT2D eigenvalue weighted by Crippen LogP contribution is -2.44. The van der Waals surface area contributed by atoms with Crippen molar-refractivity contribution >= 4 is 11.9 Å². The minimum absolute atomic E-state index is 0.00340. The largest absolute Gasteiger partial charge is 0.357 e. The zero-order valence-electron chi connectivity index (χ0n) is 17.0. The monoisotopic (exact) mass is 383 g/mol. The zero-order valence-corrected chi connectivity index (χ0v) is 17.0. The molecule has 1 atom stereocenters. The van der Waals surface area contributed by atoms with Gasteiger partial charge in [-0.05, 0) is 53.9 Å². The first-order valence-electron chi connectivity index (χ1n) is 8.98. The van der Waals surface area contributed by atoms with Crippen LogP contribution in [0.15, 0.2) is 23.2 Å². The normalized spacial score (nSPS) is 13.4. The van der Waals surface area contributed by atoms with Gasteiger partial charge in [0, 0.05) is 24.2 Å². The molecule has 0 aliphatic carbocycles. The maximum atomic E-state index is 14.2. The van der Waals surface area contributed by atoms with Gasteiger partial charge in [-0.25, -0.2) is 13.8 Å². The summed E-state index contributed by atoms with van der Waals surface area (Å²) in [6, 6.07) is 3.28. The molecule has 8 heteroatoms. The van der Waals surface area contributed by atoms with Crippen LogP contribution in [0, 0.1) is 11.6 Å². The summed E-state index contributed by atoms with van der Waals surface area (Å²) in [5.74, 6) is -0.988. The fraction of sp³-hybridized carbons (Fsp3) is 0.579. The molecule has 0 saturated heterocycles. The molecule has 0 aromatic heterocycles. The summed E-state index contributed by atoms with van der Waals surface area (Å²) in [5, 5.41) is 8.92. The van der Waals surface area contributed by atoms with Gasteiger partial charge < -0.3 is 20.9 Å². The Morgan fingerprint density at radius 1 is 1.19 bits per heavy atom. The second-order valence-corrected chi connectivity index (χ2v) is 7.49. The third-order valence-electron chi connectivity index (χ3n) is 3.66. The Hall–Kier alpha value is -2.22. The number of rotatable bonds is 7. The Labute approximate surface area is 160 Å². The van der Waals surface area contributed by atoms with Gasteiger partial charge >= 0.3 is 0 Å². The van der Waals surface area contributed by atoms with E-state index in [-0.39, 0.29) is 30.1 Å². The van der Waals surface area contributed by atoms with Gasteiger partial charge in [0.25, 0.3) is 0 Å². The van der Waals surface area contributed by atoms with Crippen LogP contribution in [0.1, 0.15) is 39.3 Å². The molecule has 0 aliphatic rings. The van der Waals surface area contributed by atoms with Crippen LogP contribution in [0.4, 0.5) is 8.78 Å². The van der Waals surface area contributed by atoms with E-state index in [0.717, 1.165) is 0 Å². The number of likely N-dealkylation sites (N-methyl/N-ethyl adjacent to an activating group) is 1. The second kappa shape index (κ2) is 10.2. The van der Waals surface area contributed by atoms with Crippen molar-refractivity contribution in [2.24, 2.45) is 4.99 Å². The molecule has 0 saturated carbocycles. The van der Waals surface area contributed by atoms with E-state index >= 15 is 0 Å². The van der Waals surface area contributed by atoms with Crippen molar-refractivity contribution in [2.45, 2.75) is 39.3 Å². The summed E-state index contributed by atoms with van der Waals surface area (Å²) >= 11 is 0. The predicted molar refractivity (Wildman–Crippen MR) is 105 cm³/mol. The molecule has 3 N–H and O–H groups in total. The van der Waals surface area contributed by atoms with Crippen molar-refractivity contribution in [1.82, 2.24) is 20.9 Å². The zero-order chi connectivity index (χ0) is 20.6. The number of carbonyl (C=O) groups is 1. The first-order chi connectivity index (χ1) is 12.5. The standard InChI is InChI=1S/C19H31F2N5O/c1-7-22-18(24-12-16(27)25-19(2,3)4)23-11-15(26(5)6)17-13(20)9-8-10-14(17)21/h8-10,15H,7,11-12H2,1-6H3,(H,25,27)(H2,22,23,24). The number of amides is 1. The van der Waals surface area contributed by atoms with Crippen LogP contribution >= 0.6 is 0 Å². The first-order valence-corrected chi connectivity index (χ1v) is 8.98. The van der Waals surface area contributed by atoms with Crippen molar-refractivity contribution in [1.29, 1.82) is 0 Å². The van der Waals surface area contributed by atoms with Gasteiger partial charge in [-0.15, -0.1) is 0 Å². The Morgan fingerprint density at radius 3 is 2.26 bits per heavy atom. The van der Waals surface area contributed by atoms with Crippen LogP contribution in [-0.2, 0) is 4.79 Å². The fourth-order valence-corrected chi connectivity index (χ4v) is 2.52. The predicted octanol–water partition coefficient (Wildman–Crippen LogP) is 2.04. The minimum Gasteiger partial charge on any atom is -0.357 e. The molecule has 0 radical (unpaired) electrons. The molecule has 1 rings (SSSR count). The average molecular weight is 383 g/mol. The molecule has 1 unspecified atom stereocenters. The van der Waals surface area contributed by atoms with Gasteiger partial charge in [-0.1, -0.05) is 6.07 Å². The van der Waals surface area contributed by atoms with Crippen molar-refractivity contribution in [3.63, 3.8) is 0 Å². The van der Waals surface area contributed by atoms with Crippen molar-refractivity contribution in [3.05, 3.63) is 35.4 Å². The molecule has 6 nitrogen and oxygen atoms in total. The lowest BCUT2D eigenvalue weighted by atomic mass is 10.0. The van der Waals surface area contributed by atoms with Crippen LogP contribution in [0.3, 0.4) is 0 Å². The number of carbonyl (C=O) groups excluding carboxylic acids is 1. The van der Waals surface area contributed by atoms with Crippen molar-refractivity contribution in [2.75, 3.05) is 33.7 Å². The van der Waals surface area contributed by atoms with E-state index in [9.17, 15) is 13.6 Å². The SMILES string of the molecule is CCNC(=NCC(=O)NC(C)(C)C)NCC(c1c(F)cccc1F)N(C)C. The fourth-order valence-electron chi connectivity index (χ4n) is 2.52. The lowest BCUT2D eigenvalue weighted by molar-refractivity contribution is -0.121. The molecular weight excluding hydrogens is 352 g/mol. The van der Waals surface area contributed by atoms with Gasteiger partial charge in [-0.2, -0.15) is 0 Å². The van der Waals surface area contributed by atoms with E-state index in [4.69, 9.17) is 0 Å².